The van der Waals surface area contributed by atoms with Crippen molar-refractivity contribution >= 4 is 0 Å². The molecule has 1 aliphatic rings. The summed E-state index contributed by atoms with van der Waals surface area (Å²) < 4.78 is 5.28. The quantitative estimate of drug-likeness (QED) is 0.588. The number of hydrogen-bond donors (Lipinski definition) is 2. The van der Waals surface area contributed by atoms with Gasteiger partial charge in [-0.1, -0.05) is 0 Å². The van der Waals surface area contributed by atoms with Gasteiger partial charge >= 0.3 is 0 Å². The van der Waals surface area contributed by atoms with Crippen LogP contribution in [0, 0.1) is 5.92 Å². The normalized spacial score (nSPS) is 19.8. The van der Waals surface area contributed by atoms with Crippen LogP contribution < -0.4 is 11.1 Å². The molecular formula is C9H20N2O. The summed E-state index contributed by atoms with van der Waals surface area (Å²) in [5.74, 6) is 0.830. The molecule has 0 radical (unpaired) electrons. The molecule has 0 spiro atoms. The average Bonchev–Trinajstić information content (AvgIpc) is 2.14. The first-order chi connectivity index (χ1) is 5.93. The summed E-state index contributed by atoms with van der Waals surface area (Å²) in [6.45, 7) is 4.89. The van der Waals surface area contributed by atoms with Crippen LogP contribution in [-0.4, -0.2) is 32.8 Å². The predicted octanol–water partition coefficient (Wildman–Crippen LogP) is 0.351. The van der Waals surface area contributed by atoms with Crippen LogP contribution >= 0.6 is 0 Å². The second-order valence-electron chi connectivity index (χ2n) is 3.40. The first-order valence-electron chi connectivity index (χ1n) is 4.92. The van der Waals surface area contributed by atoms with Gasteiger partial charge in [-0.3, -0.25) is 0 Å². The van der Waals surface area contributed by atoms with Crippen molar-refractivity contribution in [3.63, 3.8) is 0 Å². The number of hydrogen-bond acceptors (Lipinski definition) is 3. The van der Waals surface area contributed by atoms with Crippen molar-refractivity contribution in [1.29, 1.82) is 0 Å². The molecule has 0 unspecified atom stereocenters. The molecule has 72 valence electrons. The third-order valence-electron chi connectivity index (χ3n) is 2.33. The van der Waals surface area contributed by atoms with Gasteiger partial charge in [0.25, 0.3) is 0 Å². The van der Waals surface area contributed by atoms with Crippen LogP contribution in [0.25, 0.3) is 0 Å². The van der Waals surface area contributed by atoms with Crippen LogP contribution in [0.3, 0.4) is 0 Å². The summed E-state index contributed by atoms with van der Waals surface area (Å²) in [7, 11) is 0. The highest BCUT2D eigenvalue weighted by Gasteiger charge is 2.12. The van der Waals surface area contributed by atoms with Crippen LogP contribution in [0.15, 0.2) is 0 Å². The van der Waals surface area contributed by atoms with Crippen molar-refractivity contribution in [3.05, 3.63) is 0 Å². The van der Waals surface area contributed by atoms with E-state index in [9.17, 15) is 0 Å². The average molecular weight is 172 g/mol. The molecule has 0 aromatic carbocycles. The van der Waals surface area contributed by atoms with Gasteiger partial charge in [-0.25, -0.2) is 0 Å². The second kappa shape index (κ2) is 6.40. The lowest BCUT2D eigenvalue weighted by atomic mass is 10.0. The van der Waals surface area contributed by atoms with Gasteiger partial charge in [0.05, 0.1) is 0 Å². The summed E-state index contributed by atoms with van der Waals surface area (Å²) in [5.41, 5.74) is 5.39. The minimum absolute atomic E-state index is 0.792. The van der Waals surface area contributed by atoms with Crippen molar-refractivity contribution in [3.8, 4) is 0 Å². The van der Waals surface area contributed by atoms with Crippen molar-refractivity contribution in [2.24, 2.45) is 11.7 Å². The van der Waals surface area contributed by atoms with E-state index in [2.05, 4.69) is 5.32 Å². The maximum atomic E-state index is 5.39. The van der Waals surface area contributed by atoms with Crippen molar-refractivity contribution < 1.29 is 4.74 Å². The van der Waals surface area contributed by atoms with E-state index in [0.29, 0.717) is 0 Å². The maximum absolute atomic E-state index is 5.39. The van der Waals surface area contributed by atoms with E-state index in [1.165, 1.54) is 12.8 Å². The van der Waals surface area contributed by atoms with Gasteiger partial charge in [0.15, 0.2) is 0 Å². The lowest BCUT2D eigenvalue weighted by Gasteiger charge is -2.22. The molecule has 0 aliphatic carbocycles. The molecule has 1 aliphatic heterocycles. The largest absolute Gasteiger partial charge is 0.381 e. The molecule has 0 aromatic rings. The summed E-state index contributed by atoms with van der Waals surface area (Å²) in [6, 6.07) is 0. The zero-order valence-corrected chi connectivity index (χ0v) is 7.72. The lowest BCUT2D eigenvalue weighted by molar-refractivity contribution is 0.0664. The molecule has 0 saturated carbocycles. The molecule has 1 heterocycles. The molecular weight excluding hydrogens is 152 g/mol. The van der Waals surface area contributed by atoms with E-state index in [0.717, 1.165) is 45.2 Å². The van der Waals surface area contributed by atoms with Crippen LogP contribution in [-0.2, 0) is 4.74 Å². The fourth-order valence-electron chi connectivity index (χ4n) is 1.48. The van der Waals surface area contributed by atoms with E-state index < -0.39 is 0 Å². The Balaban J connectivity index is 1.91. The first-order valence-corrected chi connectivity index (χ1v) is 4.92. The number of nitrogens with one attached hydrogen (secondary N) is 1. The first kappa shape index (κ1) is 9.96. The van der Waals surface area contributed by atoms with Crippen molar-refractivity contribution in [1.82, 2.24) is 5.32 Å². The van der Waals surface area contributed by atoms with Crippen LogP contribution in [0.1, 0.15) is 19.3 Å². The Morgan fingerprint density at radius 1 is 1.33 bits per heavy atom. The summed E-state index contributed by atoms with van der Waals surface area (Å²) >= 11 is 0. The topological polar surface area (TPSA) is 47.3 Å². The SMILES string of the molecule is NCCCNCC1CCOCC1. The van der Waals surface area contributed by atoms with E-state index in [1.807, 2.05) is 0 Å². The zero-order valence-electron chi connectivity index (χ0n) is 7.72. The summed E-state index contributed by atoms with van der Waals surface area (Å²) in [6.07, 6.45) is 3.52. The van der Waals surface area contributed by atoms with Gasteiger partial charge in [-0.15, -0.1) is 0 Å². The Bertz CT molecular complexity index is 103. The van der Waals surface area contributed by atoms with E-state index in [-0.39, 0.29) is 0 Å². The van der Waals surface area contributed by atoms with Crippen molar-refractivity contribution in [2.75, 3.05) is 32.8 Å². The van der Waals surface area contributed by atoms with E-state index in [4.69, 9.17) is 10.5 Å². The van der Waals surface area contributed by atoms with Gasteiger partial charge in [0.2, 0.25) is 0 Å². The predicted molar refractivity (Wildman–Crippen MR) is 50.1 cm³/mol. The smallest absolute Gasteiger partial charge is 0.0469 e. The zero-order chi connectivity index (χ0) is 8.65. The maximum Gasteiger partial charge on any atom is 0.0469 e. The fourth-order valence-corrected chi connectivity index (χ4v) is 1.48. The molecule has 3 N–H and O–H groups in total. The Hall–Kier alpha value is -0.120. The van der Waals surface area contributed by atoms with Crippen LogP contribution in [0.2, 0.25) is 0 Å². The number of nitrogens with two attached hydrogens (primary N) is 1. The van der Waals surface area contributed by atoms with E-state index >= 15 is 0 Å². The Morgan fingerprint density at radius 2 is 2.08 bits per heavy atom. The minimum Gasteiger partial charge on any atom is -0.381 e. The highest BCUT2D eigenvalue weighted by Crippen LogP contribution is 2.12. The van der Waals surface area contributed by atoms with Gasteiger partial charge < -0.3 is 15.8 Å². The molecule has 1 fully saturated rings. The molecule has 12 heavy (non-hydrogen) atoms. The highest BCUT2D eigenvalue weighted by atomic mass is 16.5. The van der Waals surface area contributed by atoms with Gasteiger partial charge in [0.1, 0.15) is 0 Å². The molecule has 1 rings (SSSR count). The molecule has 3 nitrogen and oxygen atoms in total. The molecule has 0 atom stereocenters. The minimum atomic E-state index is 0.792. The standard InChI is InChI=1S/C9H20N2O/c10-4-1-5-11-8-9-2-6-12-7-3-9/h9,11H,1-8,10H2. The third-order valence-corrected chi connectivity index (χ3v) is 2.33. The summed E-state index contributed by atoms with van der Waals surface area (Å²) in [5, 5.41) is 3.42. The van der Waals surface area contributed by atoms with Gasteiger partial charge in [0, 0.05) is 13.2 Å². The summed E-state index contributed by atoms with van der Waals surface area (Å²) in [4.78, 5) is 0. The van der Waals surface area contributed by atoms with E-state index in [1.54, 1.807) is 0 Å². The highest BCUT2D eigenvalue weighted by molar-refractivity contribution is 4.65. The molecule has 0 amide bonds. The monoisotopic (exact) mass is 172 g/mol. The Labute approximate surface area is 74.7 Å². The number of ether oxygens (including phenoxy) is 1. The lowest BCUT2D eigenvalue weighted by Crippen LogP contribution is -2.29. The second-order valence-corrected chi connectivity index (χ2v) is 3.40. The van der Waals surface area contributed by atoms with Crippen molar-refractivity contribution in [2.45, 2.75) is 19.3 Å². The van der Waals surface area contributed by atoms with Gasteiger partial charge in [-0.2, -0.15) is 0 Å². The molecule has 0 aromatic heterocycles. The molecule has 0 bridgehead atoms. The van der Waals surface area contributed by atoms with Crippen LogP contribution in [0.4, 0.5) is 0 Å². The Kier molecular flexibility index (Phi) is 5.32. The van der Waals surface area contributed by atoms with Crippen LogP contribution in [0.5, 0.6) is 0 Å². The molecule has 3 heteroatoms. The fraction of sp³-hybridized carbons (Fsp3) is 1.00. The third kappa shape index (κ3) is 4.04. The Morgan fingerprint density at radius 3 is 2.75 bits per heavy atom. The number of rotatable bonds is 5. The molecule has 1 saturated heterocycles. The van der Waals surface area contributed by atoms with Gasteiger partial charge in [-0.05, 0) is 44.8 Å².